The number of nitrogens with zero attached hydrogens (tertiary/aromatic N) is 1. The third-order valence-electron chi connectivity index (χ3n) is 5.04. The summed E-state index contributed by atoms with van der Waals surface area (Å²) >= 11 is 5.95. The van der Waals surface area contributed by atoms with Crippen molar-refractivity contribution in [3.8, 4) is 11.5 Å². The highest BCUT2D eigenvalue weighted by atomic mass is 35.5. The van der Waals surface area contributed by atoms with Crippen molar-refractivity contribution in [2.24, 2.45) is 5.41 Å². The fraction of sp³-hybridized carbons (Fsp3) is 0.136. The summed E-state index contributed by atoms with van der Waals surface area (Å²) in [6, 6.07) is 7.62. The van der Waals surface area contributed by atoms with E-state index < -0.39 is 46.1 Å². The van der Waals surface area contributed by atoms with E-state index in [0.717, 1.165) is 12.1 Å². The van der Waals surface area contributed by atoms with Crippen molar-refractivity contribution in [1.29, 1.82) is 0 Å². The van der Waals surface area contributed by atoms with Gasteiger partial charge in [0.2, 0.25) is 11.8 Å². The lowest BCUT2D eigenvalue weighted by Crippen LogP contribution is -2.59. The van der Waals surface area contributed by atoms with Gasteiger partial charge in [0, 0.05) is 30.1 Å². The number of carbonyl (C=O) groups is 2. The Morgan fingerprint density at radius 3 is 2.32 bits per heavy atom. The Morgan fingerprint density at radius 2 is 1.68 bits per heavy atom. The van der Waals surface area contributed by atoms with Gasteiger partial charge in [0.15, 0.2) is 28.5 Å². The fourth-order valence-corrected chi connectivity index (χ4v) is 3.19. The number of nitrogen functional groups attached to an aromatic ring is 1. The molecule has 1 saturated heterocycles. The van der Waals surface area contributed by atoms with Crippen molar-refractivity contribution in [2.75, 3.05) is 29.6 Å². The zero-order valence-corrected chi connectivity index (χ0v) is 18.0. The van der Waals surface area contributed by atoms with Crippen LogP contribution in [0.3, 0.4) is 0 Å². The van der Waals surface area contributed by atoms with E-state index in [-0.39, 0.29) is 35.5 Å². The van der Waals surface area contributed by atoms with Crippen molar-refractivity contribution in [3.63, 3.8) is 0 Å². The van der Waals surface area contributed by atoms with Crippen molar-refractivity contribution in [1.82, 2.24) is 4.98 Å². The van der Waals surface area contributed by atoms with Gasteiger partial charge in [-0.2, -0.15) is 0 Å². The van der Waals surface area contributed by atoms with Crippen LogP contribution in [0, 0.1) is 22.9 Å². The fourth-order valence-electron chi connectivity index (χ4n) is 3.04. The van der Waals surface area contributed by atoms with Crippen molar-refractivity contribution >= 4 is 40.6 Å². The van der Waals surface area contributed by atoms with Crippen LogP contribution in [0.15, 0.2) is 48.7 Å². The first-order chi connectivity index (χ1) is 16.2. The predicted molar refractivity (Wildman–Crippen MR) is 117 cm³/mol. The van der Waals surface area contributed by atoms with E-state index in [1.54, 1.807) is 0 Å². The molecule has 0 saturated carbocycles. The summed E-state index contributed by atoms with van der Waals surface area (Å²) in [6.07, 6.45) is 1.27. The number of ether oxygens (including phenoxy) is 2. The van der Waals surface area contributed by atoms with Gasteiger partial charge in [0.25, 0.3) is 0 Å². The highest BCUT2D eigenvalue weighted by Crippen LogP contribution is 2.36. The van der Waals surface area contributed by atoms with Gasteiger partial charge in [-0.1, -0.05) is 11.6 Å². The number of anilines is 3. The molecule has 1 fully saturated rings. The largest absolute Gasteiger partial charge is 0.452 e. The molecular formula is C22H16ClF3N4O4. The van der Waals surface area contributed by atoms with E-state index in [9.17, 15) is 22.8 Å². The van der Waals surface area contributed by atoms with Crippen LogP contribution in [0.2, 0.25) is 5.02 Å². The van der Waals surface area contributed by atoms with Crippen LogP contribution in [0.4, 0.5) is 30.4 Å². The molecule has 1 aromatic heterocycles. The molecule has 0 bridgehead atoms. The van der Waals surface area contributed by atoms with E-state index in [1.807, 2.05) is 0 Å². The molecule has 4 N–H and O–H groups in total. The van der Waals surface area contributed by atoms with E-state index in [4.69, 9.17) is 26.8 Å². The highest BCUT2D eigenvalue weighted by Gasteiger charge is 2.53. The maximum Gasteiger partial charge on any atom is 0.244 e. The van der Waals surface area contributed by atoms with E-state index in [0.29, 0.717) is 12.1 Å². The topological polar surface area (TPSA) is 116 Å². The average molecular weight is 493 g/mol. The molecule has 8 nitrogen and oxygen atoms in total. The molecule has 2 amide bonds. The van der Waals surface area contributed by atoms with Gasteiger partial charge in [-0.3, -0.25) is 9.59 Å². The van der Waals surface area contributed by atoms with Gasteiger partial charge in [0.05, 0.1) is 18.9 Å². The number of nitrogens with two attached hydrogens (primary N) is 1. The Balaban J connectivity index is 1.51. The second-order valence-electron chi connectivity index (χ2n) is 7.36. The quantitative estimate of drug-likeness (QED) is 0.446. The van der Waals surface area contributed by atoms with E-state index in [1.165, 1.54) is 24.4 Å². The summed E-state index contributed by atoms with van der Waals surface area (Å²) in [5.41, 5.74) is 3.61. The molecule has 0 unspecified atom stereocenters. The standard InChI is InChI=1S/C22H16ClF3N4O4/c23-18-16(5-6-28-19(18)27)34-17-8-13(25)15(7-14(17)26)30-21(32)22(9-33-10-22)20(31)29-12-3-1-11(24)2-4-12/h1-8H,9-10H2,(H2,27,28)(H,29,31)(H,30,32). The zero-order chi connectivity index (χ0) is 24.5. The minimum absolute atomic E-state index is 0.0488. The monoisotopic (exact) mass is 492 g/mol. The van der Waals surface area contributed by atoms with Crippen LogP contribution in [0.5, 0.6) is 11.5 Å². The van der Waals surface area contributed by atoms with Crippen LogP contribution in [0.25, 0.3) is 0 Å². The Bertz CT molecular complexity index is 1270. The first-order valence-electron chi connectivity index (χ1n) is 9.73. The molecule has 1 aliphatic rings. The second kappa shape index (κ2) is 9.20. The summed E-state index contributed by atoms with van der Waals surface area (Å²) in [5.74, 6) is -4.82. The number of pyridine rings is 1. The maximum atomic E-state index is 14.7. The minimum Gasteiger partial charge on any atom is -0.452 e. The normalized spacial score (nSPS) is 14.1. The number of hydrogen-bond donors (Lipinski definition) is 3. The van der Waals surface area contributed by atoms with Crippen LogP contribution in [0.1, 0.15) is 0 Å². The average Bonchev–Trinajstić information content (AvgIpc) is 2.75. The lowest BCUT2D eigenvalue weighted by Gasteiger charge is -2.38. The van der Waals surface area contributed by atoms with Gasteiger partial charge >= 0.3 is 0 Å². The number of amides is 2. The minimum atomic E-state index is -1.69. The molecule has 12 heteroatoms. The second-order valence-corrected chi connectivity index (χ2v) is 7.74. The Hall–Kier alpha value is -3.83. The SMILES string of the molecule is Nc1nccc(Oc2cc(F)c(NC(=O)C3(C(=O)Nc4ccc(F)cc4)COC3)cc2F)c1Cl. The van der Waals surface area contributed by atoms with Crippen molar-refractivity contribution in [3.05, 3.63) is 71.1 Å². The maximum absolute atomic E-state index is 14.7. The number of benzene rings is 2. The van der Waals surface area contributed by atoms with Gasteiger partial charge in [-0.05, 0) is 24.3 Å². The molecule has 0 aliphatic carbocycles. The number of hydrogen-bond acceptors (Lipinski definition) is 6. The van der Waals surface area contributed by atoms with E-state index in [2.05, 4.69) is 15.6 Å². The van der Waals surface area contributed by atoms with Crippen LogP contribution < -0.4 is 21.1 Å². The Labute approximate surface area is 195 Å². The Morgan fingerprint density at radius 1 is 1.00 bits per heavy atom. The third-order valence-corrected chi connectivity index (χ3v) is 5.42. The number of halogens is 4. The molecule has 176 valence electrons. The van der Waals surface area contributed by atoms with Crippen LogP contribution in [-0.2, 0) is 14.3 Å². The predicted octanol–water partition coefficient (Wildman–Crippen LogP) is 4.12. The summed E-state index contributed by atoms with van der Waals surface area (Å²) in [5, 5.41) is 4.62. The lowest BCUT2D eigenvalue weighted by atomic mass is 9.83. The molecule has 1 aliphatic heterocycles. The molecular weight excluding hydrogens is 477 g/mol. The lowest BCUT2D eigenvalue weighted by molar-refractivity contribution is -0.166. The summed E-state index contributed by atoms with van der Waals surface area (Å²) in [6.45, 7) is -0.557. The smallest absolute Gasteiger partial charge is 0.244 e. The summed E-state index contributed by atoms with van der Waals surface area (Å²) in [4.78, 5) is 29.3. The van der Waals surface area contributed by atoms with Gasteiger partial charge in [-0.25, -0.2) is 18.2 Å². The summed E-state index contributed by atoms with van der Waals surface area (Å²) < 4.78 is 52.7. The molecule has 34 heavy (non-hydrogen) atoms. The summed E-state index contributed by atoms with van der Waals surface area (Å²) in [7, 11) is 0. The molecule has 3 aromatic rings. The third kappa shape index (κ3) is 4.47. The molecule has 2 heterocycles. The number of rotatable bonds is 6. The first-order valence-corrected chi connectivity index (χ1v) is 10.1. The number of aromatic nitrogens is 1. The van der Waals surface area contributed by atoms with E-state index >= 15 is 0 Å². The number of carbonyl (C=O) groups excluding carboxylic acids is 2. The van der Waals surface area contributed by atoms with Gasteiger partial charge in [0.1, 0.15) is 16.7 Å². The van der Waals surface area contributed by atoms with Crippen molar-refractivity contribution in [2.45, 2.75) is 0 Å². The molecule has 0 atom stereocenters. The highest BCUT2D eigenvalue weighted by molar-refractivity contribution is 6.34. The van der Waals surface area contributed by atoms with Crippen molar-refractivity contribution < 1.29 is 32.2 Å². The molecule has 0 spiro atoms. The number of nitrogens with one attached hydrogen (secondary N) is 2. The van der Waals surface area contributed by atoms with Crippen LogP contribution in [-0.4, -0.2) is 30.0 Å². The van der Waals surface area contributed by atoms with Gasteiger partial charge < -0.3 is 25.8 Å². The Kier molecular flexibility index (Phi) is 6.31. The molecule has 4 rings (SSSR count). The van der Waals surface area contributed by atoms with Gasteiger partial charge in [-0.15, -0.1) is 0 Å². The molecule has 2 aromatic carbocycles. The van der Waals surface area contributed by atoms with Crippen LogP contribution >= 0.6 is 11.6 Å². The zero-order valence-electron chi connectivity index (χ0n) is 17.2. The molecule has 0 radical (unpaired) electrons. The first kappa shape index (κ1) is 23.3.